The van der Waals surface area contributed by atoms with Crippen LogP contribution in [0, 0.1) is 5.92 Å². The van der Waals surface area contributed by atoms with Crippen LogP contribution < -0.4 is 0 Å². The fourth-order valence-corrected chi connectivity index (χ4v) is 3.89. The summed E-state index contributed by atoms with van der Waals surface area (Å²) in [5.74, 6) is 0.474. The number of likely N-dealkylation sites (tertiary alicyclic amines) is 1. The Morgan fingerprint density at radius 1 is 1.27 bits per heavy atom. The van der Waals surface area contributed by atoms with Gasteiger partial charge in [-0.05, 0) is 44.2 Å². The first-order chi connectivity index (χ1) is 12.7. The molecule has 0 spiro atoms. The van der Waals surface area contributed by atoms with Crippen LogP contribution in [-0.2, 0) is 14.3 Å². The summed E-state index contributed by atoms with van der Waals surface area (Å²) in [6.45, 7) is 4.18. The minimum atomic E-state index is -0.469. The van der Waals surface area contributed by atoms with E-state index < -0.39 is 6.29 Å². The first-order valence-corrected chi connectivity index (χ1v) is 9.69. The second-order valence-electron chi connectivity index (χ2n) is 6.94. The van der Waals surface area contributed by atoms with Gasteiger partial charge in [-0.3, -0.25) is 4.79 Å². The summed E-state index contributed by atoms with van der Waals surface area (Å²) in [5.41, 5.74) is 1.15. The number of carbonyl (C=O) groups excluding carboxylic acids is 1. The molecule has 1 saturated heterocycles. The van der Waals surface area contributed by atoms with Gasteiger partial charge in [-0.25, -0.2) is 0 Å². The average molecular weight is 359 g/mol. The third kappa shape index (κ3) is 4.27. The van der Waals surface area contributed by atoms with Crippen LogP contribution in [0.15, 0.2) is 42.2 Å². The molecule has 1 aromatic carbocycles. The summed E-state index contributed by atoms with van der Waals surface area (Å²) in [4.78, 5) is 14.8. The zero-order chi connectivity index (χ0) is 18.4. The second kappa shape index (κ2) is 9.19. The highest BCUT2D eigenvalue weighted by Gasteiger charge is 2.38. The molecule has 1 N–H and O–H groups in total. The van der Waals surface area contributed by atoms with Gasteiger partial charge in [0.05, 0.1) is 0 Å². The molecule has 2 aliphatic rings. The van der Waals surface area contributed by atoms with Crippen LogP contribution in [-0.4, -0.2) is 48.5 Å². The second-order valence-corrected chi connectivity index (χ2v) is 6.94. The summed E-state index contributed by atoms with van der Waals surface area (Å²) in [6.07, 6.45) is 5.06. The van der Waals surface area contributed by atoms with Crippen molar-refractivity contribution in [1.29, 1.82) is 0 Å². The maximum absolute atomic E-state index is 12.9. The van der Waals surface area contributed by atoms with E-state index in [-0.39, 0.29) is 24.3 Å². The van der Waals surface area contributed by atoms with Crippen molar-refractivity contribution in [1.82, 2.24) is 4.90 Å². The number of benzene rings is 1. The molecule has 0 aliphatic carbocycles. The van der Waals surface area contributed by atoms with E-state index in [1.807, 2.05) is 36.1 Å². The predicted molar refractivity (Wildman–Crippen MR) is 99.4 cm³/mol. The number of aliphatic hydroxyl groups excluding tert-OH is 1. The lowest BCUT2D eigenvalue weighted by molar-refractivity contribution is -0.170. The molecule has 0 saturated carbocycles. The SMILES string of the molecule is CCO[C@H]1OC(C(=O)N2CCCC2)=C[C@@H](c2ccccc2)[C@@H]1CCCO. The normalized spacial score (nSPS) is 25.7. The van der Waals surface area contributed by atoms with Gasteiger partial charge >= 0.3 is 0 Å². The summed E-state index contributed by atoms with van der Waals surface area (Å²) in [5, 5.41) is 9.30. The van der Waals surface area contributed by atoms with Crippen molar-refractivity contribution in [2.24, 2.45) is 5.92 Å². The van der Waals surface area contributed by atoms with Gasteiger partial charge in [0.15, 0.2) is 5.76 Å². The number of nitrogens with zero attached hydrogens (tertiary/aromatic N) is 1. The molecule has 0 unspecified atom stereocenters. The number of ether oxygens (including phenoxy) is 2. The van der Waals surface area contributed by atoms with Crippen molar-refractivity contribution in [3.8, 4) is 0 Å². The first kappa shape index (κ1) is 18.9. The average Bonchev–Trinajstić information content (AvgIpc) is 3.21. The van der Waals surface area contributed by atoms with E-state index in [1.54, 1.807) is 0 Å². The molecular formula is C21H29NO4. The molecule has 1 fully saturated rings. The minimum absolute atomic E-state index is 0.0336. The van der Waals surface area contributed by atoms with Gasteiger partial charge in [0.25, 0.3) is 5.91 Å². The number of aliphatic hydroxyl groups is 1. The lowest BCUT2D eigenvalue weighted by atomic mass is 9.80. The van der Waals surface area contributed by atoms with Gasteiger partial charge < -0.3 is 19.5 Å². The Kier molecular flexibility index (Phi) is 6.69. The van der Waals surface area contributed by atoms with E-state index in [4.69, 9.17) is 9.47 Å². The molecule has 1 amide bonds. The zero-order valence-electron chi connectivity index (χ0n) is 15.5. The van der Waals surface area contributed by atoms with Gasteiger partial charge in [-0.1, -0.05) is 30.3 Å². The minimum Gasteiger partial charge on any atom is -0.459 e. The molecule has 2 aliphatic heterocycles. The maximum atomic E-state index is 12.9. The van der Waals surface area contributed by atoms with E-state index in [0.29, 0.717) is 18.8 Å². The zero-order valence-corrected chi connectivity index (χ0v) is 15.5. The lowest BCUT2D eigenvalue weighted by Gasteiger charge is -2.37. The Labute approximate surface area is 155 Å². The molecule has 1 aromatic rings. The van der Waals surface area contributed by atoms with Crippen molar-refractivity contribution >= 4 is 5.91 Å². The fraction of sp³-hybridized carbons (Fsp3) is 0.571. The standard InChI is InChI=1S/C21H29NO4/c1-2-25-21-17(11-8-14-23)18(16-9-4-3-5-10-16)15-19(26-21)20(24)22-12-6-7-13-22/h3-5,9-10,15,17-18,21,23H,2,6-8,11-14H2,1H3/t17-,18-,21-/m0/s1. The van der Waals surface area contributed by atoms with Gasteiger partial charge in [-0.2, -0.15) is 0 Å². The van der Waals surface area contributed by atoms with E-state index in [1.165, 1.54) is 0 Å². The lowest BCUT2D eigenvalue weighted by Crippen LogP contribution is -2.39. The van der Waals surface area contributed by atoms with Gasteiger partial charge in [0.1, 0.15) is 0 Å². The predicted octanol–water partition coefficient (Wildman–Crippen LogP) is 3.06. The Balaban J connectivity index is 1.91. The summed E-state index contributed by atoms with van der Waals surface area (Å²) in [6, 6.07) is 10.2. The van der Waals surface area contributed by atoms with Crippen molar-refractivity contribution in [3.05, 3.63) is 47.7 Å². The van der Waals surface area contributed by atoms with Gasteiger partial charge in [0.2, 0.25) is 6.29 Å². The van der Waals surface area contributed by atoms with E-state index >= 15 is 0 Å². The number of carbonyl (C=O) groups is 1. The summed E-state index contributed by atoms with van der Waals surface area (Å²) >= 11 is 0. The van der Waals surface area contributed by atoms with Crippen molar-refractivity contribution in [2.45, 2.75) is 44.8 Å². The Bertz CT molecular complexity index is 610. The maximum Gasteiger partial charge on any atom is 0.288 e. The Morgan fingerprint density at radius 2 is 2.00 bits per heavy atom. The molecule has 0 radical (unpaired) electrons. The van der Waals surface area contributed by atoms with Crippen LogP contribution >= 0.6 is 0 Å². The molecule has 0 bridgehead atoms. The smallest absolute Gasteiger partial charge is 0.288 e. The molecular weight excluding hydrogens is 330 g/mol. The van der Waals surface area contributed by atoms with E-state index in [2.05, 4.69) is 12.1 Å². The van der Waals surface area contributed by atoms with Crippen LogP contribution in [0.25, 0.3) is 0 Å². The number of rotatable bonds is 7. The highest BCUT2D eigenvalue weighted by Crippen LogP contribution is 2.39. The highest BCUT2D eigenvalue weighted by molar-refractivity contribution is 5.92. The van der Waals surface area contributed by atoms with Gasteiger partial charge in [0, 0.05) is 38.1 Å². The van der Waals surface area contributed by atoms with Crippen molar-refractivity contribution in [2.75, 3.05) is 26.3 Å². The van der Waals surface area contributed by atoms with Crippen LogP contribution in [0.5, 0.6) is 0 Å². The first-order valence-electron chi connectivity index (χ1n) is 9.69. The molecule has 0 aromatic heterocycles. The molecule has 26 heavy (non-hydrogen) atoms. The van der Waals surface area contributed by atoms with Crippen LogP contribution in [0.2, 0.25) is 0 Å². The quantitative estimate of drug-likeness (QED) is 0.813. The monoisotopic (exact) mass is 359 g/mol. The van der Waals surface area contributed by atoms with E-state index in [0.717, 1.165) is 37.9 Å². The van der Waals surface area contributed by atoms with Crippen LogP contribution in [0.3, 0.4) is 0 Å². The fourth-order valence-electron chi connectivity index (χ4n) is 3.89. The van der Waals surface area contributed by atoms with Crippen molar-refractivity contribution < 1.29 is 19.4 Å². The van der Waals surface area contributed by atoms with Crippen molar-refractivity contribution in [3.63, 3.8) is 0 Å². The number of hydrogen-bond donors (Lipinski definition) is 1. The number of amides is 1. The topological polar surface area (TPSA) is 59.0 Å². The number of hydrogen-bond acceptors (Lipinski definition) is 4. The molecule has 142 valence electrons. The van der Waals surface area contributed by atoms with E-state index in [9.17, 15) is 9.90 Å². The third-order valence-electron chi connectivity index (χ3n) is 5.20. The highest BCUT2D eigenvalue weighted by atomic mass is 16.7. The van der Waals surface area contributed by atoms with Crippen LogP contribution in [0.1, 0.15) is 44.1 Å². The molecule has 5 nitrogen and oxygen atoms in total. The number of allylic oxidation sites excluding steroid dienone is 1. The Morgan fingerprint density at radius 3 is 2.65 bits per heavy atom. The summed E-state index contributed by atoms with van der Waals surface area (Å²) < 4.78 is 11.9. The molecule has 2 heterocycles. The van der Waals surface area contributed by atoms with Crippen LogP contribution in [0.4, 0.5) is 0 Å². The Hall–Kier alpha value is -1.85. The molecule has 5 heteroatoms. The molecule has 3 rings (SSSR count). The summed E-state index contributed by atoms with van der Waals surface area (Å²) in [7, 11) is 0. The third-order valence-corrected chi connectivity index (χ3v) is 5.20. The van der Waals surface area contributed by atoms with Gasteiger partial charge in [-0.15, -0.1) is 0 Å². The largest absolute Gasteiger partial charge is 0.459 e. The molecule has 3 atom stereocenters.